The summed E-state index contributed by atoms with van der Waals surface area (Å²) in [5, 5.41) is 9.66. The molecule has 3 aromatic heterocycles. The van der Waals surface area contributed by atoms with Gasteiger partial charge in [-0.25, -0.2) is 4.98 Å². The summed E-state index contributed by atoms with van der Waals surface area (Å²) in [6, 6.07) is 9.12. The zero-order valence-electron chi connectivity index (χ0n) is 13.5. The van der Waals surface area contributed by atoms with Crippen molar-refractivity contribution in [3.05, 3.63) is 47.5 Å². The van der Waals surface area contributed by atoms with E-state index in [4.69, 9.17) is 8.94 Å². The van der Waals surface area contributed by atoms with Crippen LogP contribution in [0.4, 0.5) is 0 Å². The summed E-state index contributed by atoms with van der Waals surface area (Å²) >= 11 is 1.55. The summed E-state index contributed by atoms with van der Waals surface area (Å²) in [7, 11) is 0. The Kier molecular flexibility index (Phi) is 4.07. The number of hydrogen-bond donors (Lipinski definition) is 1. The van der Waals surface area contributed by atoms with E-state index in [1.165, 1.54) is 0 Å². The van der Waals surface area contributed by atoms with Crippen LogP contribution in [0.15, 0.2) is 50.9 Å². The van der Waals surface area contributed by atoms with Crippen molar-refractivity contribution in [1.82, 2.24) is 15.5 Å². The molecule has 0 aliphatic carbocycles. The fourth-order valence-corrected chi connectivity index (χ4v) is 3.16. The largest absolute Gasteiger partial charge is 0.443 e. The van der Waals surface area contributed by atoms with Crippen molar-refractivity contribution in [2.45, 2.75) is 13.3 Å². The monoisotopic (exact) mass is 353 g/mol. The number of fused-ring (bicyclic) bond motifs is 1. The lowest BCUT2D eigenvalue weighted by Gasteiger charge is -2.03. The van der Waals surface area contributed by atoms with Crippen molar-refractivity contribution in [3.63, 3.8) is 0 Å². The number of nitrogens with zero attached hydrogens (tertiary/aromatic N) is 2. The van der Waals surface area contributed by atoms with Gasteiger partial charge in [0.05, 0.1) is 10.3 Å². The quantitative estimate of drug-likeness (QED) is 0.577. The van der Waals surface area contributed by atoms with Gasteiger partial charge in [0.2, 0.25) is 5.89 Å². The smallest absolute Gasteiger partial charge is 0.251 e. The molecule has 0 unspecified atom stereocenters. The Hall–Kier alpha value is -2.93. The molecule has 7 heteroatoms. The Labute approximate surface area is 147 Å². The highest BCUT2D eigenvalue weighted by molar-refractivity contribution is 7.13. The molecule has 25 heavy (non-hydrogen) atoms. The molecule has 0 radical (unpaired) electrons. The number of nitrogens with one attached hydrogen (secondary N) is 1. The number of aromatic nitrogens is 2. The highest BCUT2D eigenvalue weighted by Gasteiger charge is 2.17. The summed E-state index contributed by atoms with van der Waals surface area (Å²) in [5.74, 6) is 0.424. The molecule has 3 heterocycles. The first-order valence-electron chi connectivity index (χ1n) is 7.93. The first-order chi connectivity index (χ1) is 12.3. The number of benzene rings is 1. The number of carbonyl (C=O) groups excluding carboxylic acids is 1. The molecule has 1 aromatic carbocycles. The van der Waals surface area contributed by atoms with Gasteiger partial charge in [-0.1, -0.05) is 18.1 Å². The van der Waals surface area contributed by atoms with E-state index in [0.29, 0.717) is 35.0 Å². The average molecular weight is 353 g/mol. The van der Waals surface area contributed by atoms with Gasteiger partial charge in [0.15, 0.2) is 5.58 Å². The molecule has 126 valence electrons. The minimum absolute atomic E-state index is 0.115. The molecular weight excluding hydrogens is 338 g/mol. The van der Waals surface area contributed by atoms with E-state index in [9.17, 15) is 4.79 Å². The minimum atomic E-state index is -0.115. The third-order valence-electron chi connectivity index (χ3n) is 3.75. The van der Waals surface area contributed by atoms with Crippen molar-refractivity contribution in [2.75, 3.05) is 6.54 Å². The lowest BCUT2D eigenvalue weighted by atomic mass is 10.1. The van der Waals surface area contributed by atoms with Crippen LogP contribution in [0.1, 0.15) is 23.7 Å². The zero-order chi connectivity index (χ0) is 17.2. The van der Waals surface area contributed by atoms with Gasteiger partial charge < -0.3 is 14.3 Å². The second-order valence-corrected chi connectivity index (χ2v) is 6.46. The summed E-state index contributed by atoms with van der Waals surface area (Å²) < 4.78 is 10.9. The van der Waals surface area contributed by atoms with Crippen molar-refractivity contribution >= 4 is 28.2 Å². The van der Waals surface area contributed by atoms with Crippen molar-refractivity contribution in [1.29, 1.82) is 0 Å². The van der Waals surface area contributed by atoms with E-state index in [0.717, 1.165) is 16.7 Å². The van der Waals surface area contributed by atoms with Gasteiger partial charge in [0.25, 0.3) is 5.91 Å². The molecule has 0 fully saturated rings. The lowest BCUT2D eigenvalue weighted by Crippen LogP contribution is -2.23. The van der Waals surface area contributed by atoms with Crippen molar-refractivity contribution in [3.8, 4) is 22.2 Å². The van der Waals surface area contributed by atoms with E-state index >= 15 is 0 Å². The number of hydrogen-bond acceptors (Lipinski definition) is 6. The number of carbonyl (C=O) groups is 1. The van der Waals surface area contributed by atoms with Gasteiger partial charge in [-0.3, -0.25) is 4.79 Å². The van der Waals surface area contributed by atoms with Crippen molar-refractivity contribution < 1.29 is 13.7 Å². The van der Waals surface area contributed by atoms with Crippen LogP contribution in [0.25, 0.3) is 33.1 Å². The standard InChI is InChI=1S/C18H15N3O3S/c1-2-7-19-17(22)11-5-6-14-12(9-11)16(21-24-14)13-10-23-18(20-13)15-4-3-8-25-15/h3-6,8-10H,2,7H2,1H3,(H,19,22). The number of oxazole rings is 1. The van der Waals surface area contributed by atoms with Crippen LogP contribution in [0.5, 0.6) is 0 Å². The molecule has 0 aliphatic rings. The molecule has 4 rings (SSSR count). The van der Waals surface area contributed by atoms with E-state index in [1.54, 1.807) is 35.8 Å². The summed E-state index contributed by atoms with van der Waals surface area (Å²) in [5.41, 5.74) is 2.30. The van der Waals surface area contributed by atoms with Crippen LogP contribution < -0.4 is 5.32 Å². The summed E-state index contributed by atoms with van der Waals surface area (Å²) in [6.45, 7) is 2.65. The van der Waals surface area contributed by atoms with E-state index in [1.807, 2.05) is 24.4 Å². The van der Waals surface area contributed by atoms with Crippen molar-refractivity contribution in [2.24, 2.45) is 0 Å². The highest BCUT2D eigenvalue weighted by Crippen LogP contribution is 2.31. The first-order valence-corrected chi connectivity index (χ1v) is 8.81. The third-order valence-corrected chi connectivity index (χ3v) is 4.60. The second kappa shape index (κ2) is 6.52. The molecule has 1 N–H and O–H groups in total. The normalized spacial score (nSPS) is 11.1. The van der Waals surface area contributed by atoms with Gasteiger partial charge in [-0.2, -0.15) is 0 Å². The Morgan fingerprint density at radius 2 is 2.24 bits per heavy atom. The van der Waals surface area contributed by atoms with Gasteiger partial charge in [-0.15, -0.1) is 11.3 Å². The maximum absolute atomic E-state index is 12.2. The average Bonchev–Trinajstić information content (AvgIpc) is 3.37. The Morgan fingerprint density at radius 1 is 1.32 bits per heavy atom. The first kappa shape index (κ1) is 15.6. The Balaban J connectivity index is 1.71. The van der Waals surface area contributed by atoms with Gasteiger partial charge in [0.1, 0.15) is 17.7 Å². The SMILES string of the molecule is CCCNC(=O)c1ccc2onc(-c3coc(-c4cccs4)n3)c2c1. The molecule has 0 saturated heterocycles. The molecule has 0 aliphatic heterocycles. The number of thiophene rings is 1. The number of rotatable bonds is 5. The molecular formula is C18H15N3O3S. The second-order valence-electron chi connectivity index (χ2n) is 5.51. The minimum Gasteiger partial charge on any atom is -0.443 e. The van der Waals surface area contributed by atoms with E-state index in [-0.39, 0.29) is 5.91 Å². The van der Waals surface area contributed by atoms with Crippen LogP contribution in [-0.4, -0.2) is 22.6 Å². The Bertz CT molecular complexity index is 1020. The molecule has 0 saturated carbocycles. The van der Waals surface area contributed by atoms with Crippen LogP contribution in [0.3, 0.4) is 0 Å². The predicted octanol–water partition coefficient (Wildman–Crippen LogP) is 4.35. The van der Waals surface area contributed by atoms with Crippen LogP contribution in [0.2, 0.25) is 0 Å². The molecule has 4 aromatic rings. The van der Waals surface area contributed by atoms with Gasteiger partial charge in [-0.05, 0) is 36.1 Å². The number of amides is 1. The summed E-state index contributed by atoms with van der Waals surface area (Å²) in [4.78, 5) is 17.6. The Morgan fingerprint density at radius 3 is 3.04 bits per heavy atom. The molecule has 0 spiro atoms. The van der Waals surface area contributed by atoms with E-state index < -0.39 is 0 Å². The van der Waals surface area contributed by atoms with Crippen LogP contribution in [-0.2, 0) is 0 Å². The molecule has 1 amide bonds. The fourth-order valence-electron chi connectivity index (χ4n) is 2.50. The lowest BCUT2D eigenvalue weighted by molar-refractivity contribution is 0.0954. The molecule has 0 atom stereocenters. The summed E-state index contributed by atoms with van der Waals surface area (Å²) in [6.07, 6.45) is 2.44. The maximum Gasteiger partial charge on any atom is 0.251 e. The van der Waals surface area contributed by atoms with Gasteiger partial charge in [0, 0.05) is 12.1 Å². The maximum atomic E-state index is 12.2. The molecule has 0 bridgehead atoms. The third kappa shape index (κ3) is 2.94. The van der Waals surface area contributed by atoms with E-state index in [2.05, 4.69) is 15.5 Å². The van der Waals surface area contributed by atoms with Crippen LogP contribution in [0, 0.1) is 0 Å². The predicted molar refractivity (Wildman–Crippen MR) is 95.4 cm³/mol. The van der Waals surface area contributed by atoms with Crippen LogP contribution >= 0.6 is 11.3 Å². The molecule has 6 nitrogen and oxygen atoms in total. The highest BCUT2D eigenvalue weighted by atomic mass is 32.1. The zero-order valence-corrected chi connectivity index (χ0v) is 14.3. The topological polar surface area (TPSA) is 81.2 Å². The fraction of sp³-hybridized carbons (Fsp3) is 0.167. The van der Waals surface area contributed by atoms with Gasteiger partial charge >= 0.3 is 0 Å².